The highest BCUT2D eigenvalue weighted by Gasteiger charge is 2.41. The van der Waals surface area contributed by atoms with E-state index >= 15 is 0 Å². The largest absolute Gasteiger partial charge is 0.497 e. The molecule has 0 aliphatic carbocycles. The Bertz CT molecular complexity index is 1200. The fourth-order valence-electron chi connectivity index (χ4n) is 3.50. The van der Waals surface area contributed by atoms with E-state index < -0.39 is 11.8 Å². The molecule has 3 aromatic carbocycles. The summed E-state index contributed by atoms with van der Waals surface area (Å²) in [6.07, 6.45) is 0. The van der Waals surface area contributed by atoms with Crippen molar-refractivity contribution in [1.82, 2.24) is 0 Å². The van der Waals surface area contributed by atoms with E-state index in [-0.39, 0.29) is 11.3 Å². The molecule has 162 valence electrons. The Morgan fingerprint density at radius 2 is 1.66 bits per heavy atom. The van der Waals surface area contributed by atoms with Crippen molar-refractivity contribution in [3.8, 4) is 11.5 Å². The van der Waals surface area contributed by atoms with Gasteiger partial charge in [0.15, 0.2) is 0 Å². The number of hydrogen-bond acceptors (Lipinski definition) is 5. The second-order valence-electron chi connectivity index (χ2n) is 6.96. The molecule has 2 amide bonds. The van der Waals surface area contributed by atoms with Crippen molar-refractivity contribution in [3.63, 3.8) is 0 Å². The second kappa shape index (κ2) is 9.16. The first kappa shape index (κ1) is 21.5. The number of carbonyl (C=O) groups is 2. The molecule has 32 heavy (non-hydrogen) atoms. The highest BCUT2D eigenvalue weighted by atomic mass is 35.5. The van der Waals surface area contributed by atoms with Gasteiger partial charge in [-0.2, -0.15) is 0 Å². The molecular formula is C25H21ClN2O4. The maximum absolute atomic E-state index is 13.5. The number of carbonyl (C=O) groups excluding carboxylic acids is 2. The standard InChI is InChI=1S/C25H21ClN2O4/c1-3-32-18-13-11-16(12-14-18)22-23(27-17-7-6-8-19(15-17)31-2)25(30)28(24(22)29)21-10-5-4-9-20(21)26/h4-15,27H,3H2,1-2H3. The second-order valence-corrected chi connectivity index (χ2v) is 7.37. The lowest BCUT2D eigenvalue weighted by molar-refractivity contribution is -0.120. The molecular weight excluding hydrogens is 428 g/mol. The predicted octanol–water partition coefficient (Wildman–Crippen LogP) is 5.14. The van der Waals surface area contributed by atoms with Gasteiger partial charge in [-0.15, -0.1) is 0 Å². The van der Waals surface area contributed by atoms with E-state index in [1.165, 1.54) is 0 Å². The van der Waals surface area contributed by atoms with Crippen molar-refractivity contribution in [1.29, 1.82) is 0 Å². The average molecular weight is 449 g/mol. The predicted molar refractivity (Wildman–Crippen MR) is 125 cm³/mol. The molecule has 0 spiro atoms. The van der Waals surface area contributed by atoms with Crippen LogP contribution in [0.3, 0.4) is 0 Å². The van der Waals surface area contributed by atoms with Gasteiger partial charge in [-0.1, -0.05) is 41.9 Å². The van der Waals surface area contributed by atoms with Gasteiger partial charge < -0.3 is 14.8 Å². The molecule has 0 saturated carbocycles. The summed E-state index contributed by atoms with van der Waals surface area (Å²) in [5.41, 5.74) is 1.94. The summed E-state index contributed by atoms with van der Waals surface area (Å²) in [6, 6.07) is 20.9. The molecule has 6 nitrogen and oxygen atoms in total. The van der Waals surface area contributed by atoms with Gasteiger partial charge in [-0.05, 0) is 48.9 Å². The maximum atomic E-state index is 13.5. The van der Waals surface area contributed by atoms with Crippen LogP contribution in [0.4, 0.5) is 11.4 Å². The Labute approximate surface area is 191 Å². The third kappa shape index (κ3) is 4.05. The number of halogens is 1. The molecule has 0 saturated heterocycles. The van der Waals surface area contributed by atoms with E-state index in [1.807, 2.05) is 6.92 Å². The van der Waals surface area contributed by atoms with E-state index in [9.17, 15) is 9.59 Å². The molecule has 0 radical (unpaired) electrons. The van der Waals surface area contributed by atoms with Gasteiger partial charge in [0.1, 0.15) is 17.2 Å². The number of anilines is 2. The highest BCUT2D eigenvalue weighted by Crippen LogP contribution is 2.37. The summed E-state index contributed by atoms with van der Waals surface area (Å²) >= 11 is 6.31. The van der Waals surface area contributed by atoms with Crippen molar-refractivity contribution in [2.45, 2.75) is 6.92 Å². The van der Waals surface area contributed by atoms with Crippen LogP contribution >= 0.6 is 11.6 Å². The first-order chi connectivity index (χ1) is 15.5. The summed E-state index contributed by atoms with van der Waals surface area (Å²) in [4.78, 5) is 28.0. The fourth-order valence-corrected chi connectivity index (χ4v) is 3.72. The van der Waals surface area contributed by atoms with E-state index in [4.69, 9.17) is 21.1 Å². The molecule has 0 aromatic heterocycles. The van der Waals surface area contributed by atoms with Crippen LogP contribution in [-0.2, 0) is 9.59 Å². The van der Waals surface area contributed by atoms with Crippen LogP contribution in [0.25, 0.3) is 5.57 Å². The lowest BCUT2D eigenvalue weighted by Gasteiger charge is -2.16. The van der Waals surface area contributed by atoms with Crippen molar-refractivity contribution >= 4 is 40.4 Å². The number of rotatable bonds is 7. The number of methoxy groups -OCH3 is 1. The van der Waals surface area contributed by atoms with Gasteiger partial charge in [-0.3, -0.25) is 9.59 Å². The number of nitrogens with zero attached hydrogens (tertiary/aromatic N) is 1. The van der Waals surface area contributed by atoms with Crippen molar-refractivity contribution in [3.05, 3.63) is 89.1 Å². The van der Waals surface area contributed by atoms with E-state index in [2.05, 4.69) is 5.32 Å². The van der Waals surface area contributed by atoms with Crippen molar-refractivity contribution in [2.75, 3.05) is 23.9 Å². The summed E-state index contributed by atoms with van der Waals surface area (Å²) in [7, 11) is 1.56. The zero-order valence-corrected chi connectivity index (χ0v) is 18.3. The number of hydrogen-bond donors (Lipinski definition) is 1. The SMILES string of the molecule is CCOc1ccc(C2=C(Nc3cccc(OC)c3)C(=O)N(c3ccccc3Cl)C2=O)cc1. The Balaban J connectivity index is 1.81. The minimum Gasteiger partial charge on any atom is -0.497 e. The fraction of sp³-hybridized carbons (Fsp3) is 0.120. The number of amides is 2. The van der Waals surface area contributed by atoms with Gasteiger partial charge in [-0.25, -0.2) is 4.90 Å². The van der Waals surface area contributed by atoms with Gasteiger partial charge >= 0.3 is 0 Å². The molecule has 1 heterocycles. The molecule has 0 fully saturated rings. The Morgan fingerprint density at radius 1 is 0.906 bits per heavy atom. The number of ether oxygens (including phenoxy) is 2. The van der Waals surface area contributed by atoms with Gasteiger partial charge in [0.2, 0.25) is 0 Å². The average Bonchev–Trinajstić information content (AvgIpc) is 3.04. The number of imide groups is 1. The van der Waals surface area contributed by atoms with Crippen LogP contribution in [0.15, 0.2) is 78.5 Å². The zero-order chi connectivity index (χ0) is 22.7. The zero-order valence-electron chi connectivity index (χ0n) is 17.6. The van der Waals surface area contributed by atoms with Crippen molar-refractivity contribution < 1.29 is 19.1 Å². The number of benzene rings is 3. The monoisotopic (exact) mass is 448 g/mol. The third-order valence-electron chi connectivity index (χ3n) is 4.97. The van der Waals surface area contributed by atoms with Crippen LogP contribution in [0.5, 0.6) is 11.5 Å². The highest BCUT2D eigenvalue weighted by molar-refractivity contribution is 6.48. The lowest BCUT2D eigenvalue weighted by atomic mass is 10.0. The Hall–Kier alpha value is -3.77. The topological polar surface area (TPSA) is 67.9 Å². The molecule has 4 rings (SSSR count). The summed E-state index contributed by atoms with van der Waals surface area (Å²) < 4.78 is 10.8. The van der Waals surface area contributed by atoms with Gasteiger partial charge in [0, 0.05) is 11.8 Å². The van der Waals surface area contributed by atoms with Crippen LogP contribution < -0.4 is 19.7 Å². The van der Waals surface area contributed by atoms with E-state index in [0.717, 1.165) is 4.90 Å². The molecule has 3 aromatic rings. The van der Waals surface area contributed by atoms with Crippen LogP contribution in [0.1, 0.15) is 12.5 Å². The molecule has 1 aliphatic rings. The lowest BCUT2D eigenvalue weighted by Crippen LogP contribution is -2.32. The summed E-state index contributed by atoms with van der Waals surface area (Å²) in [5.74, 6) is 0.351. The summed E-state index contributed by atoms with van der Waals surface area (Å²) in [5, 5.41) is 3.42. The first-order valence-corrected chi connectivity index (χ1v) is 10.4. The first-order valence-electron chi connectivity index (χ1n) is 10.1. The third-order valence-corrected chi connectivity index (χ3v) is 5.29. The molecule has 7 heteroatoms. The Morgan fingerprint density at radius 3 is 2.34 bits per heavy atom. The Kier molecular flexibility index (Phi) is 6.14. The molecule has 1 N–H and O–H groups in total. The van der Waals surface area contributed by atoms with Gasteiger partial charge in [0.05, 0.1) is 30.0 Å². The molecule has 1 aliphatic heterocycles. The molecule has 0 atom stereocenters. The quantitative estimate of drug-likeness (QED) is 0.506. The number of nitrogens with one attached hydrogen (secondary N) is 1. The van der Waals surface area contributed by atoms with E-state index in [1.54, 1.807) is 79.9 Å². The maximum Gasteiger partial charge on any atom is 0.282 e. The minimum atomic E-state index is -0.491. The molecule has 0 unspecified atom stereocenters. The van der Waals surface area contributed by atoms with Crippen molar-refractivity contribution in [2.24, 2.45) is 0 Å². The van der Waals surface area contributed by atoms with Crippen LogP contribution in [0.2, 0.25) is 5.02 Å². The smallest absolute Gasteiger partial charge is 0.282 e. The van der Waals surface area contributed by atoms with Crippen LogP contribution in [-0.4, -0.2) is 25.5 Å². The normalized spacial score (nSPS) is 13.5. The van der Waals surface area contributed by atoms with E-state index in [0.29, 0.717) is 40.1 Å². The number of para-hydroxylation sites is 1. The minimum absolute atomic E-state index is 0.160. The summed E-state index contributed by atoms with van der Waals surface area (Å²) in [6.45, 7) is 2.43. The van der Waals surface area contributed by atoms with Gasteiger partial charge in [0.25, 0.3) is 11.8 Å². The molecule has 0 bridgehead atoms. The van der Waals surface area contributed by atoms with Crippen LogP contribution in [0, 0.1) is 0 Å².